The summed E-state index contributed by atoms with van der Waals surface area (Å²) in [5.41, 5.74) is 2.76. The molecule has 0 aromatic heterocycles. The first-order chi connectivity index (χ1) is 10.8. The number of rotatable bonds is 9. The van der Waals surface area contributed by atoms with Crippen molar-refractivity contribution in [2.75, 3.05) is 32.8 Å². The van der Waals surface area contributed by atoms with Gasteiger partial charge in [0.05, 0.1) is 0 Å². The van der Waals surface area contributed by atoms with Gasteiger partial charge < -0.3 is 4.90 Å². The molecule has 2 aromatic rings. The summed E-state index contributed by atoms with van der Waals surface area (Å²) in [6.45, 7) is 5.34. The number of nitrogens with zero attached hydrogens (tertiary/aromatic N) is 2. The number of hydrogen-bond donors (Lipinski definition) is 0. The maximum Gasteiger partial charge on any atom is 0.0237 e. The highest BCUT2D eigenvalue weighted by Gasteiger charge is 2.08. The van der Waals surface area contributed by atoms with Gasteiger partial charge in [0.25, 0.3) is 0 Å². The van der Waals surface area contributed by atoms with Gasteiger partial charge in [0, 0.05) is 32.7 Å². The second-order valence-electron chi connectivity index (χ2n) is 5.77. The fourth-order valence-electron chi connectivity index (χ4n) is 2.54. The van der Waals surface area contributed by atoms with Crippen molar-refractivity contribution in [2.45, 2.75) is 13.1 Å². The van der Waals surface area contributed by atoms with Crippen molar-refractivity contribution in [3.05, 3.63) is 71.8 Å². The van der Waals surface area contributed by atoms with Crippen molar-refractivity contribution in [2.24, 2.45) is 0 Å². The van der Waals surface area contributed by atoms with E-state index in [1.165, 1.54) is 11.1 Å². The van der Waals surface area contributed by atoms with E-state index in [1.54, 1.807) is 0 Å². The first kappa shape index (κ1) is 17.1. The zero-order chi connectivity index (χ0) is 15.6. The molecule has 0 aliphatic heterocycles. The standard InChI is InChI=1S/C19H27N2P/c1-20(14-15-22)12-13-21(16-18-8-4-2-5-9-18)17-19-10-6-3-7-11-19/h2-11H,12-17,22H2,1H3. The third kappa shape index (κ3) is 6.27. The highest BCUT2D eigenvalue weighted by atomic mass is 31.0. The Morgan fingerprint density at radius 3 is 1.68 bits per heavy atom. The molecular formula is C19H27N2P. The van der Waals surface area contributed by atoms with Crippen molar-refractivity contribution in [1.82, 2.24) is 9.80 Å². The molecule has 0 heterocycles. The van der Waals surface area contributed by atoms with Gasteiger partial charge in [-0.25, -0.2) is 0 Å². The van der Waals surface area contributed by atoms with Crippen molar-refractivity contribution in [3.63, 3.8) is 0 Å². The van der Waals surface area contributed by atoms with E-state index in [-0.39, 0.29) is 0 Å². The SMILES string of the molecule is CN(CCP)CCN(Cc1ccccc1)Cc1ccccc1. The first-order valence-electron chi connectivity index (χ1n) is 7.97. The molecule has 3 heteroatoms. The van der Waals surface area contributed by atoms with E-state index in [4.69, 9.17) is 0 Å². The highest BCUT2D eigenvalue weighted by Crippen LogP contribution is 2.10. The Morgan fingerprint density at radius 2 is 1.23 bits per heavy atom. The van der Waals surface area contributed by atoms with Crippen LogP contribution in [0.2, 0.25) is 0 Å². The molecular weight excluding hydrogens is 287 g/mol. The second-order valence-corrected chi connectivity index (χ2v) is 6.35. The predicted octanol–water partition coefficient (Wildman–Crippen LogP) is 3.50. The third-order valence-electron chi connectivity index (χ3n) is 3.81. The number of hydrogen-bond acceptors (Lipinski definition) is 2. The van der Waals surface area contributed by atoms with Crippen LogP contribution in [0.3, 0.4) is 0 Å². The van der Waals surface area contributed by atoms with Crippen LogP contribution in [0, 0.1) is 0 Å². The summed E-state index contributed by atoms with van der Waals surface area (Å²) in [7, 11) is 5.00. The van der Waals surface area contributed by atoms with Crippen molar-refractivity contribution < 1.29 is 0 Å². The number of likely N-dealkylation sites (N-methyl/N-ethyl adjacent to an activating group) is 1. The van der Waals surface area contributed by atoms with Crippen LogP contribution in [0.15, 0.2) is 60.7 Å². The topological polar surface area (TPSA) is 6.48 Å². The lowest BCUT2D eigenvalue weighted by Crippen LogP contribution is -2.33. The van der Waals surface area contributed by atoms with Gasteiger partial charge in [-0.15, -0.1) is 9.24 Å². The van der Waals surface area contributed by atoms with Crippen LogP contribution in [-0.2, 0) is 13.1 Å². The van der Waals surface area contributed by atoms with Gasteiger partial charge in [-0.3, -0.25) is 4.90 Å². The molecule has 0 aliphatic carbocycles. The van der Waals surface area contributed by atoms with E-state index in [2.05, 4.69) is 86.8 Å². The summed E-state index contributed by atoms with van der Waals surface area (Å²) in [6.07, 6.45) is 1.13. The average Bonchev–Trinajstić information content (AvgIpc) is 2.55. The molecule has 2 nitrogen and oxygen atoms in total. The van der Waals surface area contributed by atoms with Crippen molar-refractivity contribution in [1.29, 1.82) is 0 Å². The summed E-state index contributed by atoms with van der Waals surface area (Å²) in [5, 5.41) is 0. The molecule has 0 aliphatic rings. The van der Waals surface area contributed by atoms with E-state index in [1.807, 2.05) is 0 Å². The molecule has 0 spiro atoms. The molecule has 0 radical (unpaired) electrons. The molecule has 2 aromatic carbocycles. The molecule has 1 atom stereocenters. The number of benzene rings is 2. The maximum atomic E-state index is 2.80. The van der Waals surface area contributed by atoms with Crippen LogP contribution in [0.5, 0.6) is 0 Å². The van der Waals surface area contributed by atoms with E-state index in [9.17, 15) is 0 Å². The molecule has 0 bridgehead atoms. The minimum atomic E-state index is 1.00. The Kier molecular flexibility index (Phi) is 7.59. The Morgan fingerprint density at radius 1 is 0.727 bits per heavy atom. The molecule has 0 N–H and O–H groups in total. The quantitative estimate of drug-likeness (QED) is 0.654. The summed E-state index contributed by atoms with van der Waals surface area (Å²) >= 11 is 0. The zero-order valence-corrected chi connectivity index (χ0v) is 14.6. The average molecular weight is 314 g/mol. The largest absolute Gasteiger partial charge is 0.305 e. The smallest absolute Gasteiger partial charge is 0.0237 e. The van der Waals surface area contributed by atoms with Crippen LogP contribution in [0.4, 0.5) is 0 Å². The summed E-state index contributed by atoms with van der Waals surface area (Å²) in [5.74, 6) is 0. The molecule has 0 saturated carbocycles. The maximum absolute atomic E-state index is 2.80. The molecule has 0 fully saturated rings. The highest BCUT2D eigenvalue weighted by molar-refractivity contribution is 7.16. The van der Waals surface area contributed by atoms with Gasteiger partial charge in [0.1, 0.15) is 0 Å². The van der Waals surface area contributed by atoms with Gasteiger partial charge in [0.2, 0.25) is 0 Å². The van der Waals surface area contributed by atoms with E-state index in [0.717, 1.165) is 38.9 Å². The van der Waals surface area contributed by atoms with Crippen LogP contribution in [0.25, 0.3) is 0 Å². The second kappa shape index (κ2) is 9.74. The Hall–Kier alpha value is -1.21. The van der Waals surface area contributed by atoms with Gasteiger partial charge in [-0.2, -0.15) is 0 Å². The lowest BCUT2D eigenvalue weighted by molar-refractivity contribution is 0.216. The molecule has 118 valence electrons. The third-order valence-corrected chi connectivity index (χ3v) is 4.06. The van der Waals surface area contributed by atoms with E-state index in [0.29, 0.717) is 0 Å². The lowest BCUT2D eigenvalue weighted by Gasteiger charge is -2.25. The predicted molar refractivity (Wildman–Crippen MR) is 99.1 cm³/mol. The van der Waals surface area contributed by atoms with E-state index < -0.39 is 0 Å². The monoisotopic (exact) mass is 314 g/mol. The van der Waals surface area contributed by atoms with E-state index >= 15 is 0 Å². The summed E-state index contributed by atoms with van der Waals surface area (Å²) in [6, 6.07) is 21.5. The normalized spacial score (nSPS) is 11.3. The Labute approximate surface area is 137 Å². The molecule has 0 amide bonds. The van der Waals surface area contributed by atoms with Crippen molar-refractivity contribution in [3.8, 4) is 0 Å². The van der Waals surface area contributed by atoms with Crippen LogP contribution >= 0.6 is 9.24 Å². The van der Waals surface area contributed by atoms with Gasteiger partial charge >= 0.3 is 0 Å². The zero-order valence-electron chi connectivity index (χ0n) is 13.5. The fraction of sp³-hybridized carbons (Fsp3) is 0.368. The minimum absolute atomic E-state index is 1.00. The Balaban J connectivity index is 1.97. The van der Waals surface area contributed by atoms with Gasteiger partial charge in [-0.1, -0.05) is 60.7 Å². The van der Waals surface area contributed by atoms with Crippen molar-refractivity contribution >= 4 is 9.24 Å². The van der Waals surface area contributed by atoms with Crippen LogP contribution in [-0.4, -0.2) is 42.6 Å². The van der Waals surface area contributed by atoms with Gasteiger partial charge in [0.15, 0.2) is 0 Å². The fourth-order valence-corrected chi connectivity index (χ4v) is 2.98. The van der Waals surface area contributed by atoms with Crippen LogP contribution < -0.4 is 0 Å². The van der Waals surface area contributed by atoms with Crippen LogP contribution in [0.1, 0.15) is 11.1 Å². The van der Waals surface area contributed by atoms with Gasteiger partial charge in [-0.05, 0) is 24.3 Å². The molecule has 2 rings (SSSR count). The first-order valence-corrected chi connectivity index (χ1v) is 8.78. The molecule has 22 heavy (non-hydrogen) atoms. The summed E-state index contributed by atoms with van der Waals surface area (Å²) < 4.78 is 0. The Bertz CT molecular complexity index is 474. The lowest BCUT2D eigenvalue weighted by atomic mass is 10.1. The molecule has 0 saturated heterocycles. The molecule has 1 unspecified atom stereocenters. The summed E-state index contributed by atoms with van der Waals surface area (Å²) in [4.78, 5) is 4.93. The minimum Gasteiger partial charge on any atom is -0.305 e.